The third-order valence-corrected chi connectivity index (χ3v) is 4.93. The van der Waals surface area contributed by atoms with Crippen LogP contribution in [0.4, 0.5) is 0 Å². The lowest BCUT2D eigenvalue weighted by molar-refractivity contribution is -0.138. The first-order valence-corrected chi connectivity index (χ1v) is 5.80. The van der Waals surface area contributed by atoms with Gasteiger partial charge in [0.15, 0.2) is 0 Å². The molecule has 9 nitrogen and oxygen atoms in total. The van der Waals surface area contributed by atoms with Gasteiger partial charge >= 0.3 is 26.2 Å². The molecular weight excluding hydrogens is 228 g/mol. The van der Waals surface area contributed by atoms with Crippen molar-refractivity contribution < 1.29 is 38.6 Å². The summed E-state index contributed by atoms with van der Waals surface area (Å²) in [5, 5.41) is 4.32. The largest absolute Gasteiger partial charge is 0.479 e. The number of carboxylic acids is 1. The highest BCUT2D eigenvalue weighted by molar-refractivity contribution is 7.74. The molecule has 0 radical (unpaired) electrons. The number of rotatable bonds is 3. The van der Waals surface area contributed by atoms with Crippen molar-refractivity contribution in [1.29, 1.82) is 0 Å². The van der Waals surface area contributed by atoms with Gasteiger partial charge in [-0.3, -0.25) is 14.9 Å². The molecule has 0 heterocycles. The van der Waals surface area contributed by atoms with E-state index in [0.717, 1.165) is 0 Å². The fraction of sp³-hybridized carbons (Fsp3) is 0.500. The Morgan fingerprint density at radius 3 is 1.31 bits per heavy atom. The molecule has 0 aromatic carbocycles. The Bertz CT molecular complexity index is 288. The van der Waals surface area contributed by atoms with E-state index in [0.29, 0.717) is 0 Å². The maximum Gasteiger partial charge on any atom is 0.369 e. The highest BCUT2D eigenvalue weighted by Crippen LogP contribution is 2.65. The molecule has 0 bridgehead atoms. The van der Waals surface area contributed by atoms with E-state index in [4.69, 9.17) is 24.7 Å². The van der Waals surface area contributed by atoms with E-state index in [1.807, 2.05) is 0 Å². The molecule has 11 heteroatoms. The van der Waals surface area contributed by atoms with Gasteiger partial charge in [0.05, 0.1) is 0 Å². The maximum absolute atomic E-state index is 10.4. The first-order chi connectivity index (χ1) is 5.44. The van der Waals surface area contributed by atoms with Crippen molar-refractivity contribution in [2.75, 3.05) is 0 Å². The van der Waals surface area contributed by atoms with Crippen molar-refractivity contribution in [3.63, 3.8) is 0 Å². The molecule has 0 aromatic heterocycles. The summed E-state index contributed by atoms with van der Waals surface area (Å²) in [6, 6.07) is 0. The molecule has 0 aliphatic carbocycles. The number of carboxylic acid groups (broad SMARTS) is 1. The molecular formula is C2H7NO8P2. The highest BCUT2D eigenvalue weighted by atomic mass is 31.2. The molecule has 0 aromatic rings. The van der Waals surface area contributed by atoms with Gasteiger partial charge in [0.25, 0.3) is 0 Å². The summed E-state index contributed by atoms with van der Waals surface area (Å²) < 4.78 is 20.9. The van der Waals surface area contributed by atoms with Gasteiger partial charge in [0.1, 0.15) is 0 Å². The molecule has 0 saturated heterocycles. The number of hydrogen-bond acceptors (Lipinski definition) is 4. The molecule has 78 valence electrons. The van der Waals surface area contributed by atoms with Crippen LogP contribution < -0.4 is 5.73 Å². The Kier molecular flexibility index (Phi) is 3.08. The van der Waals surface area contributed by atoms with Crippen LogP contribution >= 0.6 is 15.2 Å². The van der Waals surface area contributed by atoms with E-state index < -0.39 is 26.2 Å². The number of carbonyl (C=O) groups is 1. The fourth-order valence-corrected chi connectivity index (χ4v) is 2.27. The summed E-state index contributed by atoms with van der Waals surface area (Å²) in [7, 11) is -11.3. The van der Waals surface area contributed by atoms with Crippen LogP contribution in [0.1, 0.15) is 0 Å². The zero-order valence-corrected chi connectivity index (χ0v) is 7.72. The van der Waals surface area contributed by atoms with E-state index in [9.17, 15) is 13.9 Å². The van der Waals surface area contributed by atoms with Crippen molar-refractivity contribution >= 4 is 21.2 Å². The fourth-order valence-electron chi connectivity index (χ4n) is 0.419. The summed E-state index contributed by atoms with van der Waals surface area (Å²) in [6.45, 7) is 0. The molecule has 13 heavy (non-hydrogen) atoms. The van der Waals surface area contributed by atoms with E-state index in [-0.39, 0.29) is 0 Å². The lowest BCUT2D eigenvalue weighted by Crippen LogP contribution is -2.47. The molecule has 0 aliphatic rings. The SMILES string of the molecule is NC(C(=O)O)(P(=O)(O)O)P(=O)(O)O. The Balaban J connectivity index is 5.64. The molecule has 0 atom stereocenters. The number of nitrogens with two attached hydrogens (primary N) is 1. The van der Waals surface area contributed by atoms with E-state index in [1.165, 1.54) is 0 Å². The zero-order chi connectivity index (χ0) is 11.1. The van der Waals surface area contributed by atoms with Crippen LogP contribution in [0.5, 0.6) is 0 Å². The molecule has 0 unspecified atom stereocenters. The van der Waals surface area contributed by atoms with Crippen molar-refractivity contribution in [2.45, 2.75) is 5.02 Å². The molecule has 0 saturated carbocycles. The van der Waals surface area contributed by atoms with E-state index in [1.54, 1.807) is 0 Å². The van der Waals surface area contributed by atoms with Crippen molar-refractivity contribution in [3.05, 3.63) is 0 Å². The molecule has 0 amide bonds. The summed E-state index contributed by atoms with van der Waals surface area (Å²) in [5.41, 5.74) is 4.47. The van der Waals surface area contributed by atoms with Gasteiger partial charge in [-0.25, -0.2) is 4.79 Å². The lowest BCUT2D eigenvalue weighted by atomic mass is 10.7. The topological polar surface area (TPSA) is 178 Å². The minimum absolute atomic E-state index is 2.46. The summed E-state index contributed by atoms with van der Waals surface area (Å²) in [6.07, 6.45) is 0. The second-order valence-corrected chi connectivity index (χ2v) is 6.06. The minimum Gasteiger partial charge on any atom is -0.479 e. The average Bonchev–Trinajstić information content (AvgIpc) is 1.80. The van der Waals surface area contributed by atoms with Crippen molar-refractivity contribution in [2.24, 2.45) is 5.73 Å². The third kappa shape index (κ3) is 1.97. The van der Waals surface area contributed by atoms with Gasteiger partial charge < -0.3 is 24.7 Å². The molecule has 0 spiro atoms. The Morgan fingerprint density at radius 1 is 1.08 bits per heavy atom. The van der Waals surface area contributed by atoms with Gasteiger partial charge in [-0.05, 0) is 0 Å². The van der Waals surface area contributed by atoms with Crippen LogP contribution in [0.25, 0.3) is 0 Å². The monoisotopic (exact) mass is 235 g/mol. The van der Waals surface area contributed by atoms with Crippen molar-refractivity contribution in [3.8, 4) is 0 Å². The summed E-state index contributed by atoms with van der Waals surface area (Å²) >= 11 is 0. The van der Waals surface area contributed by atoms with Crippen LogP contribution in [0.2, 0.25) is 0 Å². The first-order valence-electron chi connectivity index (χ1n) is 2.58. The second-order valence-electron chi connectivity index (χ2n) is 2.12. The predicted octanol–water partition coefficient (Wildman–Crippen LogP) is -1.96. The normalized spacial score (nSPS) is 14.2. The second kappa shape index (κ2) is 3.14. The van der Waals surface area contributed by atoms with Gasteiger partial charge in [0, 0.05) is 0 Å². The van der Waals surface area contributed by atoms with Crippen LogP contribution in [0.15, 0.2) is 0 Å². The molecule has 7 N–H and O–H groups in total. The summed E-state index contributed by atoms with van der Waals surface area (Å²) in [4.78, 5) is 43.6. The molecule has 0 rings (SSSR count). The lowest BCUT2D eigenvalue weighted by Gasteiger charge is -2.25. The van der Waals surface area contributed by atoms with Gasteiger partial charge in [-0.2, -0.15) is 0 Å². The predicted molar refractivity (Wildman–Crippen MR) is 38.6 cm³/mol. The van der Waals surface area contributed by atoms with Crippen LogP contribution in [0.3, 0.4) is 0 Å². The van der Waals surface area contributed by atoms with Crippen LogP contribution in [0, 0.1) is 0 Å². The van der Waals surface area contributed by atoms with Crippen LogP contribution in [-0.2, 0) is 13.9 Å². The quantitative estimate of drug-likeness (QED) is 0.303. The smallest absolute Gasteiger partial charge is 0.369 e. The van der Waals surface area contributed by atoms with Crippen LogP contribution in [-0.4, -0.2) is 35.7 Å². The highest BCUT2D eigenvalue weighted by Gasteiger charge is 2.64. The van der Waals surface area contributed by atoms with Gasteiger partial charge in [-0.1, -0.05) is 0 Å². The molecule has 0 fully saturated rings. The van der Waals surface area contributed by atoms with Gasteiger partial charge in [-0.15, -0.1) is 0 Å². The Labute approximate surface area is 71.5 Å². The standard InChI is InChI=1S/C2H7NO8P2/c3-2(1(4)5,12(6,7)8)13(9,10)11/h3H2,(H,4,5)(H2,6,7,8)(H2,9,10,11). The third-order valence-electron chi connectivity index (χ3n) is 1.20. The average molecular weight is 235 g/mol. The molecule has 0 aliphatic heterocycles. The van der Waals surface area contributed by atoms with E-state index in [2.05, 4.69) is 5.73 Å². The number of hydrogen-bond donors (Lipinski definition) is 6. The Hall–Kier alpha value is -0.270. The van der Waals surface area contributed by atoms with Crippen molar-refractivity contribution in [1.82, 2.24) is 0 Å². The first kappa shape index (κ1) is 12.7. The maximum atomic E-state index is 10.4. The minimum atomic E-state index is -5.65. The Morgan fingerprint density at radius 2 is 1.31 bits per heavy atom. The summed E-state index contributed by atoms with van der Waals surface area (Å²) in [5.74, 6) is -2.46. The zero-order valence-electron chi connectivity index (χ0n) is 5.93. The number of aliphatic carboxylic acids is 1. The van der Waals surface area contributed by atoms with Gasteiger partial charge in [0.2, 0.25) is 0 Å². The van der Waals surface area contributed by atoms with E-state index >= 15 is 0 Å².